The van der Waals surface area contributed by atoms with Crippen molar-refractivity contribution in [2.45, 2.75) is 37.5 Å². The number of hydrogen-bond acceptors (Lipinski definition) is 3. The molecule has 0 amide bonds. The van der Waals surface area contributed by atoms with E-state index in [9.17, 15) is 0 Å². The second kappa shape index (κ2) is 3.89. The first kappa shape index (κ1) is 9.28. The first-order valence-corrected chi connectivity index (χ1v) is 5.96. The Morgan fingerprint density at radius 2 is 1.60 bits per heavy atom. The van der Waals surface area contributed by atoms with Crippen molar-refractivity contribution >= 4 is 0 Å². The van der Waals surface area contributed by atoms with Crippen LogP contribution < -0.4 is 5.32 Å². The molecule has 1 aliphatic heterocycles. The summed E-state index contributed by atoms with van der Waals surface area (Å²) in [6, 6.07) is 0. The first-order chi connectivity index (χ1) is 7.43. The maximum absolute atomic E-state index is 4.48. The average molecular weight is 203 g/mol. The van der Waals surface area contributed by atoms with Gasteiger partial charge in [-0.25, -0.2) is 9.97 Å². The molecular weight excluding hydrogens is 186 g/mol. The molecule has 1 aromatic rings. The number of rotatable bonds is 2. The van der Waals surface area contributed by atoms with Gasteiger partial charge in [-0.1, -0.05) is 0 Å². The lowest BCUT2D eigenvalue weighted by atomic mass is 9.92. The Morgan fingerprint density at radius 1 is 0.933 bits per heavy atom. The van der Waals surface area contributed by atoms with E-state index in [4.69, 9.17) is 0 Å². The van der Waals surface area contributed by atoms with Crippen LogP contribution in [-0.2, 0) is 0 Å². The molecule has 3 rings (SSSR count). The van der Waals surface area contributed by atoms with Gasteiger partial charge in [0.2, 0.25) is 0 Å². The molecule has 0 atom stereocenters. The minimum absolute atomic E-state index is 0.673. The van der Waals surface area contributed by atoms with Crippen LogP contribution in [0.5, 0.6) is 0 Å². The lowest BCUT2D eigenvalue weighted by Gasteiger charge is -2.22. The van der Waals surface area contributed by atoms with E-state index in [2.05, 4.69) is 27.7 Å². The summed E-state index contributed by atoms with van der Waals surface area (Å²) in [5.41, 5.74) is 1.33. The maximum atomic E-state index is 4.48. The van der Waals surface area contributed by atoms with Gasteiger partial charge in [0.15, 0.2) is 0 Å². The van der Waals surface area contributed by atoms with Crippen LogP contribution in [0.4, 0.5) is 0 Å². The molecule has 2 aliphatic rings. The Morgan fingerprint density at radius 3 is 2.20 bits per heavy atom. The Labute approximate surface area is 90.3 Å². The summed E-state index contributed by atoms with van der Waals surface area (Å²) in [6.07, 6.45) is 9.13. The number of aromatic nitrogens is 2. The van der Waals surface area contributed by atoms with Crippen molar-refractivity contribution in [2.75, 3.05) is 13.1 Å². The van der Waals surface area contributed by atoms with Gasteiger partial charge in [-0.2, -0.15) is 0 Å². The Kier molecular flexibility index (Phi) is 2.41. The predicted octanol–water partition coefficient (Wildman–Crippen LogP) is 1.82. The van der Waals surface area contributed by atoms with Gasteiger partial charge in [0.05, 0.1) is 0 Å². The minimum atomic E-state index is 0.673. The fraction of sp³-hybridized carbons (Fsp3) is 0.667. The fourth-order valence-corrected chi connectivity index (χ4v) is 2.27. The fourth-order valence-electron chi connectivity index (χ4n) is 2.27. The lowest BCUT2D eigenvalue weighted by Crippen LogP contribution is -2.26. The molecule has 1 aromatic heterocycles. The standard InChI is InChI=1S/C12H17N3/c1-2-10(1)12-14-7-11(8-15-12)9-3-5-13-6-4-9/h7-10,13H,1-6H2. The molecule has 2 fully saturated rings. The molecule has 1 saturated heterocycles. The molecule has 3 heteroatoms. The third-order valence-corrected chi connectivity index (χ3v) is 3.44. The van der Waals surface area contributed by atoms with E-state index in [0.29, 0.717) is 11.8 Å². The molecule has 0 aromatic carbocycles. The van der Waals surface area contributed by atoms with E-state index in [-0.39, 0.29) is 0 Å². The quantitative estimate of drug-likeness (QED) is 0.796. The van der Waals surface area contributed by atoms with Crippen molar-refractivity contribution in [3.05, 3.63) is 23.8 Å². The molecule has 1 saturated carbocycles. The van der Waals surface area contributed by atoms with Gasteiger partial charge >= 0.3 is 0 Å². The summed E-state index contributed by atoms with van der Waals surface area (Å²) in [5, 5.41) is 3.38. The zero-order chi connectivity index (χ0) is 10.1. The Hall–Kier alpha value is -0.960. The third-order valence-electron chi connectivity index (χ3n) is 3.44. The zero-order valence-corrected chi connectivity index (χ0v) is 8.95. The topological polar surface area (TPSA) is 37.8 Å². The molecular formula is C12H17N3. The van der Waals surface area contributed by atoms with Crippen molar-refractivity contribution < 1.29 is 0 Å². The largest absolute Gasteiger partial charge is 0.317 e. The monoisotopic (exact) mass is 203 g/mol. The summed E-state index contributed by atoms with van der Waals surface area (Å²) < 4.78 is 0. The SMILES string of the molecule is c1nc(C2CC2)ncc1C1CCNCC1. The minimum Gasteiger partial charge on any atom is -0.317 e. The molecule has 2 heterocycles. The summed E-state index contributed by atoms with van der Waals surface area (Å²) in [7, 11) is 0. The summed E-state index contributed by atoms with van der Waals surface area (Å²) in [6.45, 7) is 2.27. The number of nitrogens with zero attached hydrogens (tertiary/aromatic N) is 2. The molecule has 0 radical (unpaired) electrons. The van der Waals surface area contributed by atoms with Crippen LogP contribution in [0.15, 0.2) is 12.4 Å². The van der Waals surface area contributed by atoms with Crippen molar-refractivity contribution in [3.63, 3.8) is 0 Å². The summed E-state index contributed by atoms with van der Waals surface area (Å²) in [5.74, 6) is 2.42. The highest BCUT2D eigenvalue weighted by atomic mass is 14.9. The van der Waals surface area contributed by atoms with E-state index in [0.717, 1.165) is 18.9 Å². The van der Waals surface area contributed by atoms with Crippen LogP contribution in [0.1, 0.15) is 48.9 Å². The van der Waals surface area contributed by atoms with Crippen LogP contribution in [0.25, 0.3) is 0 Å². The Balaban J connectivity index is 1.73. The van der Waals surface area contributed by atoms with Gasteiger partial charge in [0.25, 0.3) is 0 Å². The van der Waals surface area contributed by atoms with Gasteiger partial charge in [0, 0.05) is 18.3 Å². The van der Waals surface area contributed by atoms with Gasteiger partial charge in [-0.15, -0.1) is 0 Å². The summed E-state index contributed by atoms with van der Waals surface area (Å²) in [4.78, 5) is 8.97. The van der Waals surface area contributed by atoms with Crippen LogP contribution in [0.3, 0.4) is 0 Å². The molecule has 0 bridgehead atoms. The van der Waals surface area contributed by atoms with E-state index in [1.807, 2.05) is 0 Å². The second-order valence-corrected chi connectivity index (χ2v) is 4.67. The average Bonchev–Trinajstić information content (AvgIpc) is 3.15. The van der Waals surface area contributed by atoms with E-state index >= 15 is 0 Å². The molecule has 1 N–H and O–H groups in total. The van der Waals surface area contributed by atoms with Gasteiger partial charge in [-0.3, -0.25) is 0 Å². The molecule has 80 valence electrons. The zero-order valence-electron chi connectivity index (χ0n) is 8.95. The molecule has 1 aliphatic carbocycles. The van der Waals surface area contributed by atoms with E-state index in [1.54, 1.807) is 0 Å². The second-order valence-electron chi connectivity index (χ2n) is 4.67. The number of hydrogen-bond donors (Lipinski definition) is 1. The summed E-state index contributed by atoms with van der Waals surface area (Å²) >= 11 is 0. The predicted molar refractivity (Wildman–Crippen MR) is 58.9 cm³/mol. The van der Waals surface area contributed by atoms with Crippen molar-refractivity contribution in [1.29, 1.82) is 0 Å². The highest BCUT2D eigenvalue weighted by Gasteiger charge is 2.26. The smallest absolute Gasteiger partial charge is 0.131 e. The molecule has 0 spiro atoms. The van der Waals surface area contributed by atoms with Crippen LogP contribution in [0, 0.1) is 0 Å². The van der Waals surface area contributed by atoms with E-state index in [1.165, 1.54) is 31.2 Å². The number of nitrogens with one attached hydrogen (secondary N) is 1. The highest BCUT2D eigenvalue weighted by molar-refractivity contribution is 5.15. The lowest BCUT2D eigenvalue weighted by molar-refractivity contribution is 0.458. The third kappa shape index (κ3) is 2.02. The molecule has 0 unspecified atom stereocenters. The first-order valence-electron chi connectivity index (χ1n) is 5.96. The molecule has 15 heavy (non-hydrogen) atoms. The highest BCUT2D eigenvalue weighted by Crippen LogP contribution is 2.38. The van der Waals surface area contributed by atoms with E-state index < -0.39 is 0 Å². The van der Waals surface area contributed by atoms with Crippen LogP contribution in [0.2, 0.25) is 0 Å². The maximum Gasteiger partial charge on any atom is 0.131 e. The molecule has 3 nitrogen and oxygen atoms in total. The van der Waals surface area contributed by atoms with Gasteiger partial charge < -0.3 is 5.32 Å². The normalized spacial score (nSPS) is 22.9. The van der Waals surface area contributed by atoms with Crippen LogP contribution >= 0.6 is 0 Å². The van der Waals surface area contributed by atoms with Crippen molar-refractivity contribution in [2.24, 2.45) is 0 Å². The van der Waals surface area contributed by atoms with Gasteiger partial charge in [0.1, 0.15) is 5.82 Å². The number of piperidine rings is 1. The van der Waals surface area contributed by atoms with Crippen molar-refractivity contribution in [3.8, 4) is 0 Å². The Bertz CT molecular complexity index is 323. The van der Waals surface area contributed by atoms with Crippen molar-refractivity contribution in [1.82, 2.24) is 15.3 Å². The van der Waals surface area contributed by atoms with Crippen LogP contribution in [-0.4, -0.2) is 23.1 Å². The van der Waals surface area contributed by atoms with Gasteiger partial charge in [-0.05, 0) is 50.3 Å².